The summed E-state index contributed by atoms with van der Waals surface area (Å²) in [4.78, 5) is 9.35. The highest BCUT2D eigenvalue weighted by molar-refractivity contribution is 5.70. The number of tetrazole rings is 1. The number of hydrazine groups is 1. The van der Waals surface area contributed by atoms with Gasteiger partial charge < -0.3 is 5.73 Å². The number of aryl methyl sites for hydroxylation is 2. The van der Waals surface area contributed by atoms with Crippen molar-refractivity contribution in [1.29, 1.82) is 0 Å². The van der Waals surface area contributed by atoms with Crippen molar-refractivity contribution in [2.45, 2.75) is 32.2 Å². The number of hydrogen-bond donors (Lipinski definition) is 3. The van der Waals surface area contributed by atoms with Crippen molar-refractivity contribution >= 4 is 6.03 Å². The lowest BCUT2D eigenvalue weighted by Gasteiger charge is -1.94. The predicted octanol–water partition coefficient (Wildman–Crippen LogP) is -1.07. The average molecular weight is 213 g/mol. The van der Waals surface area contributed by atoms with E-state index in [1.165, 1.54) is 19.3 Å². The van der Waals surface area contributed by atoms with Crippen LogP contribution < -0.4 is 17.0 Å². The lowest BCUT2D eigenvalue weighted by molar-refractivity contribution is 0.249. The van der Waals surface area contributed by atoms with E-state index in [1.807, 2.05) is 4.68 Å². The van der Waals surface area contributed by atoms with Crippen LogP contribution in [-0.2, 0) is 13.0 Å². The van der Waals surface area contributed by atoms with E-state index in [0.29, 0.717) is 0 Å². The summed E-state index contributed by atoms with van der Waals surface area (Å²) in [5.74, 6) is 5.50. The van der Waals surface area contributed by atoms with Gasteiger partial charge in [0.15, 0.2) is 5.82 Å². The minimum Gasteiger partial charge on any atom is -0.351 e. The molecule has 8 heteroatoms. The second kappa shape index (κ2) is 5.91. The molecular formula is C7H15N7O. The lowest BCUT2D eigenvalue weighted by Crippen LogP contribution is -2.34. The van der Waals surface area contributed by atoms with Crippen LogP contribution in [0.25, 0.3) is 0 Å². The molecule has 1 aliphatic rings. The van der Waals surface area contributed by atoms with E-state index >= 15 is 0 Å². The van der Waals surface area contributed by atoms with Gasteiger partial charge in [-0.1, -0.05) is 6.42 Å². The van der Waals surface area contributed by atoms with E-state index in [2.05, 4.69) is 27.1 Å². The number of primary amides is 1. The summed E-state index contributed by atoms with van der Waals surface area (Å²) in [7, 11) is 0. The maximum atomic E-state index is 9.35. The Labute approximate surface area is 87.0 Å². The third-order valence-electron chi connectivity index (χ3n) is 2.02. The maximum absolute atomic E-state index is 9.35. The summed E-state index contributed by atoms with van der Waals surface area (Å²) in [5, 5.41) is 11.4. The number of urea groups is 1. The van der Waals surface area contributed by atoms with Crippen molar-refractivity contribution in [2.75, 3.05) is 0 Å². The standard InChI is InChI=1S/C6H10N4.CH5N3O/c1-2-4-6-7-8-9-10(6)5-3-1;2-1(5)4-3/h1-5H2;3H2,(H3,2,4,5). The molecule has 0 aromatic carbocycles. The Morgan fingerprint density at radius 3 is 2.80 bits per heavy atom. The van der Waals surface area contributed by atoms with Crippen LogP contribution in [0.1, 0.15) is 25.1 Å². The van der Waals surface area contributed by atoms with Crippen molar-refractivity contribution in [3.8, 4) is 0 Å². The minimum absolute atomic E-state index is 0.718. The molecule has 15 heavy (non-hydrogen) atoms. The summed E-state index contributed by atoms with van der Waals surface area (Å²) >= 11 is 0. The summed E-state index contributed by atoms with van der Waals surface area (Å²) in [6.45, 7) is 1.00. The van der Waals surface area contributed by atoms with Crippen LogP contribution in [0.3, 0.4) is 0 Å². The number of nitrogens with zero attached hydrogens (tertiary/aromatic N) is 4. The van der Waals surface area contributed by atoms with E-state index in [4.69, 9.17) is 0 Å². The first kappa shape index (κ1) is 11.4. The fraction of sp³-hybridized carbons (Fsp3) is 0.714. The Bertz CT molecular complexity index is 290. The van der Waals surface area contributed by atoms with Gasteiger partial charge in [0.05, 0.1) is 0 Å². The van der Waals surface area contributed by atoms with Crippen LogP contribution in [0.2, 0.25) is 0 Å². The van der Waals surface area contributed by atoms with E-state index < -0.39 is 6.03 Å². The van der Waals surface area contributed by atoms with E-state index in [9.17, 15) is 4.79 Å². The molecule has 0 atom stereocenters. The normalized spacial score (nSPS) is 14.2. The number of rotatable bonds is 0. The number of carbonyl (C=O) groups excluding carboxylic acids is 1. The van der Waals surface area contributed by atoms with E-state index in [0.717, 1.165) is 18.8 Å². The highest BCUT2D eigenvalue weighted by Gasteiger charge is 2.08. The molecule has 0 spiro atoms. The van der Waals surface area contributed by atoms with Crippen LogP contribution in [-0.4, -0.2) is 26.2 Å². The van der Waals surface area contributed by atoms with Crippen molar-refractivity contribution in [1.82, 2.24) is 25.6 Å². The third-order valence-corrected chi connectivity index (χ3v) is 2.02. The van der Waals surface area contributed by atoms with Crippen molar-refractivity contribution in [3.05, 3.63) is 5.82 Å². The molecule has 2 heterocycles. The van der Waals surface area contributed by atoms with Gasteiger partial charge in [0, 0.05) is 13.0 Å². The molecule has 0 aliphatic carbocycles. The van der Waals surface area contributed by atoms with Gasteiger partial charge in [-0.3, -0.25) is 5.43 Å². The molecule has 1 aromatic heterocycles. The molecular weight excluding hydrogens is 198 g/mol. The lowest BCUT2D eigenvalue weighted by atomic mass is 10.2. The summed E-state index contributed by atoms with van der Waals surface area (Å²) in [6, 6.07) is -0.718. The van der Waals surface area contributed by atoms with Gasteiger partial charge >= 0.3 is 6.03 Å². The molecule has 2 rings (SSSR count). The van der Waals surface area contributed by atoms with E-state index in [1.54, 1.807) is 5.43 Å². The number of carbonyl (C=O) groups is 1. The average Bonchev–Trinajstić information content (AvgIpc) is 2.56. The third kappa shape index (κ3) is 3.90. The number of hydrogen-bond acceptors (Lipinski definition) is 5. The highest BCUT2D eigenvalue weighted by atomic mass is 16.2. The number of fused-ring (bicyclic) bond motifs is 1. The van der Waals surface area contributed by atoms with Crippen LogP contribution in [0, 0.1) is 0 Å². The number of nitrogens with two attached hydrogens (primary N) is 2. The van der Waals surface area contributed by atoms with Crippen LogP contribution in [0.4, 0.5) is 4.79 Å². The van der Waals surface area contributed by atoms with Gasteiger partial charge in [0.2, 0.25) is 0 Å². The maximum Gasteiger partial charge on any atom is 0.326 e. The first-order chi connectivity index (χ1) is 7.24. The largest absolute Gasteiger partial charge is 0.351 e. The summed E-state index contributed by atoms with van der Waals surface area (Å²) in [6.07, 6.45) is 4.80. The first-order valence-electron chi connectivity index (χ1n) is 4.75. The molecule has 0 radical (unpaired) electrons. The fourth-order valence-corrected chi connectivity index (χ4v) is 1.30. The molecule has 5 N–H and O–H groups in total. The van der Waals surface area contributed by atoms with Gasteiger partial charge in [0.25, 0.3) is 0 Å². The monoisotopic (exact) mass is 213 g/mol. The quantitative estimate of drug-likeness (QED) is 0.287. The predicted molar refractivity (Wildman–Crippen MR) is 52.3 cm³/mol. The zero-order valence-electron chi connectivity index (χ0n) is 8.39. The Hall–Kier alpha value is -1.70. The number of aromatic nitrogens is 4. The molecule has 0 unspecified atom stereocenters. The Morgan fingerprint density at radius 1 is 1.40 bits per heavy atom. The van der Waals surface area contributed by atoms with Gasteiger partial charge in [-0.2, -0.15) is 0 Å². The molecule has 0 saturated heterocycles. The minimum atomic E-state index is -0.718. The molecule has 1 aliphatic heterocycles. The highest BCUT2D eigenvalue weighted by Crippen LogP contribution is 2.09. The van der Waals surface area contributed by atoms with Crippen LogP contribution >= 0.6 is 0 Å². The van der Waals surface area contributed by atoms with Gasteiger partial charge in [-0.15, -0.1) is 5.10 Å². The van der Waals surface area contributed by atoms with Crippen molar-refractivity contribution < 1.29 is 4.79 Å². The van der Waals surface area contributed by atoms with Crippen LogP contribution in [0.15, 0.2) is 0 Å². The Balaban J connectivity index is 0.000000195. The second-order valence-corrected chi connectivity index (χ2v) is 3.14. The molecule has 1 aromatic rings. The van der Waals surface area contributed by atoms with Crippen molar-refractivity contribution in [3.63, 3.8) is 0 Å². The molecule has 84 valence electrons. The number of nitrogens with one attached hydrogen (secondary N) is 1. The SMILES string of the molecule is C1CCc2nnnn2CC1.NNC(N)=O. The molecule has 2 amide bonds. The fourth-order valence-electron chi connectivity index (χ4n) is 1.30. The van der Waals surface area contributed by atoms with Gasteiger partial charge in [-0.05, 0) is 23.3 Å². The van der Waals surface area contributed by atoms with Crippen molar-refractivity contribution in [2.24, 2.45) is 11.6 Å². The smallest absolute Gasteiger partial charge is 0.326 e. The van der Waals surface area contributed by atoms with Crippen LogP contribution in [0.5, 0.6) is 0 Å². The molecule has 0 bridgehead atoms. The van der Waals surface area contributed by atoms with Gasteiger partial charge in [-0.25, -0.2) is 15.3 Å². The first-order valence-corrected chi connectivity index (χ1v) is 4.75. The zero-order chi connectivity index (χ0) is 11.1. The Kier molecular flexibility index (Phi) is 4.48. The molecule has 8 nitrogen and oxygen atoms in total. The Morgan fingerprint density at radius 2 is 2.13 bits per heavy atom. The molecule has 0 fully saturated rings. The summed E-state index contributed by atoms with van der Waals surface area (Å²) < 4.78 is 1.91. The number of amides is 2. The second-order valence-electron chi connectivity index (χ2n) is 3.14. The van der Waals surface area contributed by atoms with E-state index in [-0.39, 0.29) is 0 Å². The summed E-state index contributed by atoms with van der Waals surface area (Å²) in [5.41, 5.74) is 6.08. The zero-order valence-corrected chi connectivity index (χ0v) is 8.39. The van der Waals surface area contributed by atoms with Gasteiger partial charge in [0.1, 0.15) is 0 Å². The molecule has 0 saturated carbocycles. The topological polar surface area (TPSA) is 125 Å².